The first-order valence-electron chi connectivity index (χ1n) is 6.07. The maximum atomic E-state index is 10.7. The molecule has 2 aromatic heterocycles. The number of quaternary nitrogens is 1. The van der Waals surface area contributed by atoms with Gasteiger partial charge in [-0.1, -0.05) is 0 Å². The second-order valence-corrected chi connectivity index (χ2v) is 6.04. The zero-order chi connectivity index (χ0) is 15.9. The third-order valence-electron chi connectivity index (χ3n) is 2.85. The van der Waals surface area contributed by atoms with Crippen molar-refractivity contribution in [1.82, 2.24) is 25.7 Å². The Labute approximate surface area is 129 Å². The van der Waals surface area contributed by atoms with E-state index >= 15 is 0 Å². The Kier molecular flexibility index (Phi) is 4.66. The van der Waals surface area contributed by atoms with Gasteiger partial charge in [-0.05, 0) is 12.2 Å². The number of anilines is 2. The van der Waals surface area contributed by atoms with Gasteiger partial charge in [-0.15, -0.1) is 0 Å². The van der Waals surface area contributed by atoms with Gasteiger partial charge in [0.2, 0.25) is 5.95 Å². The molecule has 3 heterocycles. The molecule has 9 N–H and O–H groups in total. The Bertz CT molecular complexity index is 787. The average Bonchev–Trinajstić information content (AvgIpc) is 3.01. The number of hydrogen-bond acceptors (Lipinski definition) is 9. The largest absolute Gasteiger partial charge is 0.777 e. The molecule has 3 rings (SSSR count). The van der Waals surface area contributed by atoms with Gasteiger partial charge in [0.1, 0.15) is 11.9 Å². The third kappa shape index (κ3) is 3.64. The maximum absolute atomic E-state index is 10.7. The summed E-state index contributed by atoms with van der Waals surface area (Å²) in [6, 6.07) is 0. The highest BCUT2D eigenvalue weighted by Crippen LogP contribution is 2.32. The Morgan fingerprint density at radius 3 is 2.87 bits per heavy atom. The van der Waals surface area contributed by atoms with Crippen molar-refractivity contribution in [2.75, 3.05) is 17.8 Å². The van der Waals surface area contributed by atoms with Crippen LogP contribution in [-0.4, -0.2) is 37.1 Å². The SMILES string of the molecule is Nc1nc(N)c2ncn([C@H]3C=C[C@@H](OCP(=O)([O-])O)O3)c2n1.[NH4+]. The smallest absolute Gasteiger partial charge is 0.224 e. The maximum Gasteiger partial charge on any atom is 0.224 e. The lowest BCUT2D eigenvalue weighted by molar-refractivity contribution is -0.206. The molecule has 0 spiro atoms. The van der Waals surface area contributed by atoms with Crippen LogP contribution in [0.4, 0.5) is 11.8 Å². The summed E-state index contributed by atoms with van der Waals surface area (Å²) in [6.07, 6.45) is 2.16. The van der Waals surface area contributed by atoms with Gasteiger partial charge in [-0.25, -0.2) is 4.98 Å². The Balaban J connectivity index is 0.00000192. The van der Waals surface area contributed by atoms with Crippen molar-refractivity contribution in [3.05, 3.63) is 18.5 Å². The molecule has 0 bridgehead atoms. The minimum absolute atomic E-state index is 0. The number of ether oxygens (including phenoxy) is 2. The third-order valence-corrected chi connectivity index (χ3v) is 3.32. The summed E-state index contributed by atoms with van der Waals surface area (Å²) in [4.78, 5) is 31.3. The van der Waals surface area contributed by atoms with Crippen LogP contribution in [-0.2, 0) is 14.0 Å². The van der Waals surface area contributed by atoms with E-state index in [4.69, 9.17) is 25.8 Å². The van der Waals surface area contributed by atoms with Crippen LogP contribution in [0, 0.1) is 0 Å². The number of nitrogens with zero attached hydrogens (tertiary/aromatic N) is 4. The van der Waals surface area contributed by atoms with Crippen LogP contribution < -0.4 is 22.5 Å². The van der Waals surface area contributed by atoms with Gasteiger partial charge in [0.15, 0.2) is 31.6 Å². The standard InChI is InChI=1S/C10H13N6O5P.H3N/c11-8-7-9(15-10(12)14-8)16(3-13-7)5-1-2-6(21-5)20-4-22(17,18)19;/h1-3,5-6H,4H2,(H2,17,18,19)(H4,11,12,14,15);1H3/t5-,6+;/m1./s1. The van der Waals surface area contributed by atoms with E-state index in [2.05, 4.69) is 15.0 Å². The van der Waals surface area contributed by atoms with Crippen molar-refractivity contribution in [2.24, 2.45) is 0 Å². The first kappa shape index (κ1) is 17.3. The number of hydrogen-bond donors (Lipinski definition) is 4. The summed E-state index contributed by atoms with van der Waals surface area (Å²) < 4.78 is 22.6. The van der Waals surface area contributed by atoms with E-state index in [9.17, 15) is 9.46 Å². The van der Waals surface area contributed by atoms with Gasteiger partial charge in [-0.2, -0.15) is 9.97 Å². The fourth-order valence-electron chi connectivity index (χ4n) is 1.98. The molecular formula is C10H16N7O5P. The van der Waals surface area contributed by atoms with Gasteiger partial charge >= 0.3 is 0 Å². The Morgan fingerprint density at radius 1 is 1.43 bits per heavy atom. The van der Waals surface area contributed by atoms with Crippen LogP contribution in [0.3, 0.4) is 0 Å². The predicted molar refractivity (Wildman–Crippen MR) is 79.0 cm³/mol. The van der Waals surface area contributed by atoms with E-state index < -0.39 is 26.5 Å². The molecule has 0 fully saturated rings. The molecule has 2 aromatic rings. The summed E-state index contributed by atoms with van der Waals surface area (Å²) in [5.74, 6) is 0.137. The van der Waals surface area contributed by atoms with E-state index in [-0.39, 0.29) is 17.9 Å². The van der Waals surface area contributed by atoms with Crippen molar-refractivity contribution in [1.29, 1.82) is 0 Å². The van der Waals surface area contributed by atoms with E-state index in [1.165, 1.54) is 12.4 Å². The highest BCUT2D eigenvalue weighted by Gasteiger charge is 2.24. The van der Waals surface area contributed by atoms with Crippen LogP contribution in [0.2, 0.25) is 0 Å². The van der Waals surface area contributed by atoms with Crippen LogP contribution in [0.15, 0.2) is 18.5 Å². The van der Waals surface area contributed by atoms with Crippen molar-refractivity contribution in [2.45, 2.75) is 12.5 Å². The molecule has 0 saturated heterocycles. The van der Waals surface area contributed by atoms with Crippen LogP contribution in [0.1, 0.15) is 6.23 Å². The van der Waals surface area contributed by atoms with Gasteiger partial charge in [0.25, 0.3) is 0 Å². The molecule has 0 aliphatic carbocycles. The van der Waals surface area contributed by atoms with E-state index in [0.717, 1.165) is 0 Å². The van der Waals surface area contributed by atoms with Crippen molar-refractivity contribution in [3.8, 4) is 0 Å². The molecule has 12 nitrogen and oxygen atoms in total. The van der Waals surface area contributed by atoms with Crippen molar-refractivity contribution in [3.63, 3.8) is 0 Å². The summed E-state index contributed by atoms with van der Waals surface area (Å²) in [7, 11) is -4.51. The molecule has 0 amide bonds. The number of rotatable bonds is 4. The fraction of sp³-hybridized carbons (Fsp3) is 0.300. The molecule has 0 saturated carbocycles. The Morgan fingerprint density at radius 2 is 2.17 bits per heavy atom. The Hall–Kier alpha value is -2.08. The minimum atomic E-state index is -4.51. The molecule has 23 heavy (non-hydrogen) atoms. The molecular weight excluding hydrogens is 329 g/mol. The van der Waals surface area contributed by atoms with Gasteiger partial charge in [-0.3, -0.25) is 4.57 Å². The summed E-state index contributed by atoms with van der Waals surface area (Å²) >= 11 is 0. The van der Waals surface area contributed by atoms with E-state index in [1.54, 1.807) is 10.6 Å². The highest BCUT2D eigenvalue weighted by atomic mass is 31.2. The monoisotopic (exact) mass is 345 g/mol. The molecule has 13 heteroatoms. The molecule has 1 unspecified atom stereocenters. The zero-order valence-electron chi connectivity index (χ0n) is 12.1. The lowest BCUT2D eigenvalue weighted by atomic mass is 10.4. The summed E-state index contributed by atoms with van der Waals surface area (Å²) in [6.45, 7) is 0. The quantitative estimate of drug-likeness (QED) is 0.404. The molecule has 126 valence electrons. The number of nitrogen functional groups attached to an aromatic ring is 2. The average molecular weight is 345 g/mol. The molecule has 1 aliphatic rings. The number of imidazole rings is 1. The minimum Gasteiger partial charge on any atom is -0.777 e. The van der Waals surface area contributed by atoms with Crippen LogP contribution >= 0.6 is 7.60 Å². The van der Waals surface area contributed by atoms with E-state index in [0.29, 0.717) is 11.2 Å². The van der Waals surface area contributed by atoms with Gasteiger partial charge in [0, 0.05) is 0 Å². The first-order chi connectivity index (χ1) is 10.3. The summed E-state index contributed by atoms with van der Waals surface area (Å²) in [5.41, 5.74) is 12.0. The van der Waals surface area contributed by atoms with Gasteiger partial charge < -0.3 is 41.4 Å². The van der Waals surface area contributed by atoms with Crippen molar-refractivity contribution < 1.29 is 23.8 Å². The summed E-state index contributed by atoms with van der Waals surface area (Å²) in [5, 5.41) is 0. The molecule has 0 aromatic carbocycles. The fourth-order valence-corrected chi connectivity index (χ4v) is 2.31. The predicted octanol–water partition coefficient (Wildman–Crippen LogP) is -0.702. The second kappa shape index (κ2) is 6.20. The topological polar surface area (TPSA) is 211 Å². The molecule has 0 radical (unpaired) electrons. The van der Waals surface area contributed by atoms with Crippen LogP contribution in [0.5, 0.6) is 0 Å². The van der Waals surface area contributed by atoms with Crippen LogP contribution in [0.25, 0.3) is 11.2 Å². The number of nitrogens with two attached hydrogens (primary N) is 2. The lowest BCUT2D eigenvalue weighted by Gasteiger charge is -2.20. The number of aromatic nitrogens is 4. The van der Waals surface area contributed by atoms with Gasteiger partial charge in [0.05, 0.1) is 6.33 Å². The second-order valence-electron chi connectivity index (χ2n) is 4.50. The van der Waals surface area contributed by atoms with Crippen molar-refractivity contribution >= 4 is 30.5 Å². The zero-order valence-corrected chi connectivity index (χ0v) is 13.0. The normalized spacial score (nSPS) is 22.9. The molecule has 3 atom stereocenters. The number of fused-ring (bicyclic) bond motifs is 1. The molecule has 1 aliphatic heterocycles. The highest BCUT2D eigenvalue weighted by molar-refractivity contribution is 7.50. The lowest BCUT2D eigenvalue weighted by Crippen LogP contribution is -2.18. The van der Waals surface area contributed by atoms with E-state index in [1.807, 2.05) is 0 Å². The first-order valence-corrected chi connectivity index (χ1v) is 7.83.